The Kier molecular flexibility index (Phi) is 24.3. The van der Waals surface area contributed by atoms with Crippen LogP contribution >= 0.6 is 0 Å². The molecule has 2 N–H and O–H groups in total. The number of carboxylic acid groups (broad SMARTS) is 2. The predicted octanol–water partition coefficient (Wildman–Crippen LogP) is -1.29. The molecule has 0 heterocycles. The van der Waals surface area contributed by atoms with Gasteiger partial charge in [0, 0.05) is 0 Å². The van der Waals surface area contributed by atoms with Gasteiger partial charge in [0.25, 0.3) is 0 Å². The zero-order valence-corrected chi connectivity index (χ0v) is 6.41. The van der Waals surface area contributed by atoms with Crippen LogP contribution in [0.25, 0.3) is 0 Å². The summed E-state index contributed by atoms with van der Waals surface area (Å²) in [6, 6.07) is 0. The van der Waals surface area contributed by atoms with Crippen molar-refractivity contribution < 1.29 is 56.1 Å². The molecular weight excluding hydrogens is 215 g/mol. The van der Waals surface area contributed by atoms with Gasteiger partial charge in [-0.1, -0.05) is 0 Å². The summed E-state index contributed by atoms with van der Waals surface area (Å²) in [6.45, 7) is 0. The Bertz CT molecular complexity index is 30.5. The largest absolute Gasteiger partial charge is 2.00 e. The monoisotopic (exact) mass is 217 g/mol. The molecule has 1 radical (unpaired) electrons. The quantitative estimate of drug-likeness (QED) is 0.546. The minimum Gasteiger partial charge on any atom is -0.870 e. The van der Waals surface area contributed by atoms with E-state index in [9.17, 15) is 0 Å². The summed E-state index contributed by atoms with van der Waals surface area (Å²) in [5, 5.41) is 15.3. The van der Waals surface area contributed by atoms with Crippen LogP contribution in [0.5, 0.6) is 0 Å². The Balaban J connectivity index is -0.0000000450. The minimum absolute atomic E-state index is 0. The van der Waals surface area contributed by atoms with Crippen molar-refractivity contribution in [3.05, 3.63) is 0 Å². The molecule has 0 spiro atoms. The van der Waals surface area contributed by atoms with E-state index in [2.05, 4.69) is 0 Å². The Morgan fingerprint density at radius 2 is 1.67 bits per heavy atom. The summed E-state index contributed by atoms with van der Waals surface area (Å²) < 4.78 is 0. The van der Waals surface area contributed by atoms with Crippen LogP contribution in [0.3, 0.4) is 0 Å². The minimum atomic E-state index is -2.08. The van der Waals surface area contributed by atoms with E-state index in [1.54, 1.807) is 0 Å². The first kappa shape index (κ1) is 16.1. The Morgan fingerprint density at radius 1 is 1.67 bits per heavy atom. The summed E-state index contributed by atoms with van der Waals surface area (Å²) in [5.74, 6) is 0. The van der Waals surface area contributed by atoms with Crippen LogP contribution in [0, 0.1) is 35.6 Å². The first-order valence-corrected chi connectivity index (χ1v) is 0.632. The van der Waals surface area contributed by atoms with Crippen molar-refractivity contribution in [2.75, 3.05) is 0 Å². The van der Waals surface area contributed by atoms with Gasteiger partial charge in [0.2, 0.25) is 6.16 Å². The van der Waals surface area contributed by atoms with Gasteiger partial charge >= 0.3 is 35.6 Å². The van der Waals surface area contributed by atoms with E-state index in [0.717, 1.165) is 0 Å². The van der Waals surface area contributed by atoms with Crippen LogP contribution in [0.2, 0.25) is 0 Å². The second-order valence-electron chi connectivity index (χ2n) is 0.266. The van der Waals surface area contributed by atoms with E-state index in [1.807, 2.05) is 0 Å². The van der Waals surface area contributed by atoms with Crippen molar-refractivity contribution in [3.8, 4) is 0 Å². The zero-order chi connectivity index (χ0) is 3.58. The molecule has 0 saturated carbocycles. The fourth-order valence-corrected chi connectivity index (χ4v) is 0. The second-order valence-corrected chi connectivity index (χ2v) is 0.266. The molecular formula is CH2LaO4. The number of rotatable bonds is 0. The standard InChI is InChI=1S/CH2O3.La.H2O/c2-1(3)4;;/h(H2,2,3,4);;1H2/q;+2;/p-2. The fourth-order valence-electron chi connectivity index (χ4n) is 0. The average Bonchev–Trinajstić information content (AvgIpc) is 0.811. The Morgan fingerprint density at radius 3 is 1.67 bits per heavy atom. The van der Waals surface area contributed by atoms with E-state index < -0.39 is 6.16 Å². The maximum absolute atomic E-state index is 8.44. The summed E-state index contributed by atoms with van der Waals surface area (Å²) in [4.78, 5) is 8.44. The summed E-state index contributed by atoms with van der Waals surface area (Å²) >= 11 is 0. The SMILES string of the molecule is O=C([O-])O.[La+2].[OH-]. The third-order valence-corrected chi connectivity index (χ3v) is 0. The van der Waals surface area contributed by atoms with Crippen molar-refractivity contribution in [1.29, 1.82) is 0 Å². The molecule has 33 valence electrons. The van der Waals surface area contributed by atoms with Crippen molar-refractivity contribution >= 4 is 6.16 Å². The molecule has 6 heavy (non-hydrogen) atoms. The number of hydrogen-bond donors (Lipinski definition) is 1. The van der Waals surface area contributed by atoms with Crippen LogP contribution in [0.15, 0.2) is 0 Å². The third-order valence-electron chi connectivity index (χ3n) is 0. The summed E-state index contributed by atoms with van der Waals surface area (Å²) in [5.41, 5.74) is 0. The molecule has 0 rings (SSSR count). The second kappa shape index (κ2) is 9.06. The van der Waals surface area contributed by atoms with Crippen LogP contribution in [0.4, 0.5) is 4.79 Å². The molecule has 0 aromatic heterocycles. The molecule has 5 heteroatoms. The maximum Gasteiger partial charge on any atom is 2.00 e. The van der Waals surface area contributed by atoms with E-state index in [0.29, 0.717) is 0 Å². The van der Waals surface area contributed by atoms with Crippen molar-refractivity contribution in [3.63, 3.8) is 0 Å². The number of hydrogen-bond acceptors (Lipinski definition) is 3. The van der Waals surface area contributed by atoms with Crippen molar-refractivity contribution in [2.45, 2.75) is 0 Å². The molecule has 0 aromatic rings. The molecule has 0 atom stereocenters. The van der Waals surface area contributed by atoms with E-state index >= 15 is 0 Å². The smallest absolute Gasteiger partial charge is 0.870 e. The maximum atomic E-state index is 8.44. The van der Waals surface area contributed by atoms with Gasteiger partial charge in [-0.3, -0.25) is 0 Å². The molecule has 0 aliphatic carbocycles. The molecule has 0 bridgehead atoms. The van der Waals surface area contributed by atoms with Gasteiger partial charge in [-0.05, 0) is 0 Å². The Hall–Kier alpha value is 0.425. The molecule has 0 fully saturated rings. The first-order chi connectivity index (χ1) is 1.73. The average molecular weight is 217 g/mol. The van der Waals surface area contributed by atoms with Crippen LogP contribution in [0.1, 0.15) is 0 Å². The summed E-state index contributed by atoms with van der Waals surface area (Å²) in [6.07, 6.45) is -2.08. The summed E-state index contributed by atoms with van der Waals surface area (Å²) in [7, 11) is 0. The Labute approximate surface area is 62.1 Å². The topological polar surface area (TPSA) is 90.4 Å². The van der Waals surface area contributed by atoms with Gasteiger partial charge in [0.15, 0.2) is 0 Å². The predicted molar refractivity (Wildman–Crippen MR) is 9.96 cm³/mol. The van der Waals surface area contributed by atoms with Gasteiger partial charge in [0.05, 0.1) is 0 Å². The van der Waals surface area contributed by atoms with E-state index in [4.69, 9.17) is 15.0 Å². The molecule has 4 nitrogen and oxygen atoms in total. The van der Waals surface area contributed by atoms with Gasteiger partial charge in [-0.2, -0.15) is 0 Å². The van der Waals surface area contributed by atoms with Gasteiger partial charge in [-0.15, -0.1) is 0 Å². The molecule has 0 aliphatic heterocycles. The van der Waals surface area contributed by atoms with Crippen LogP contribution < -0.4 is 5.11 Å². The van der Waals surface area contributed by atoms with Crippen LogP contribution in [-0.4, -0.2) is 16.7 Å². The third kappa shape index (κ3) is 288. The van der Waals surface area contributed by atoms with Gasteiger partial charge in [-0.25, -0.2) is 0 Å². The molecule has 0 amide bonds. The number of carbonyl (C=O) groups is 1. The molecule has 0 aromatic carbocycles. The zero-order valence-electron chi connectivity index (χ0n) is 2.79. The van der Waals surface area contributed by atoms with Gasteiger partial charge < -0.3 is 20.5 Å². The van der Waals surface area contributed by atoms with Crippen molar-refractivity contribution in [2.24, 2.45) is 0 Å². The normalized spacial score (nSPS) is 4.00. The van der Waals surface area contributed by atoms with Crippen LogP contribution in [-0.2, 0) is 0 Å². The fraction of sp³-hybridized carbons (Fsp3) is 0. The van der Waals surface area contributed by atoms with Gasteiger partial charge in [0.1, 0.15) is 0 Å². The molecule has 0 saturated heterocycles. The molecule has 0 unspecified atom stereocenters. The van der Waals surface area contributed by atoms with Crippen molar-refractivity contribution in [1.82, 2.24) is 0 Å². The van der Waals surface area contributed by atoms with E-state index in [-0.39, 0.29) is 41.1 Å². The first-order valence-electron chi connectivity index (χ1n) is 0.632. The molecule has 0 aliphatic rings. The van der Waals surface area contributed by atoms with E-state index in [1.165, 1.54) is 0 Å².